The highest BCUT2D eigenvalue weighted by Gasteiger charge is 2.27. The molecule has 0 bridgehead atoms. The van der Waals surface area contributed by atoms with E-state index in [0.29, 0.717) is 50.9 Å². The number of aryl methyl sites for hydroxylation is 1. The quantitative estimate of drug-likeness (QED) is 0.278. The lowest BCUT2D eigenvalue weighted by molar-refractivity contribution is -0.143. The normalized spacial score (nSPS) is 17.7. The number of carbonyl (C=O) groups is 1. The zero-order valence-corrected chi connectivity index (χ0v) is 26.5. The van der Waals surface area contributed by atoms with Crippen molar-refractivity contribution >= 4 is 50.7 Å². The smallest absolute Gasteiger partial charge is 0.307 e. The lowest BCUT2D eigenvalue weighted by atomic mass is 10.0. The van der Waals surface area contributed by atoms with Gasteiger partial charge in [-0.05, 0) is 43.9 Å². The van der Waals surface area contributed by atoms with Gasteiger partial charge in [0.2, 0.25) is 5.82 Å². The van der Waals surface area contributed by atoms with Crippen LogP contribution in [0.3, 0.4) is 0 Å². The highest BCUT2D eigenvalue weighted by molar-refractivity contribution is 7.20. The molecular weight excluding hydrogens is 593 g/mol. The Morgan fingerprint density at radius 2 is 1.98 bits per heavy atom. The summed E-state index contributed by atoms with van der Waals surface area (Å²) < 4.78 is 26.5. The van der Waals surface area contributed by atoms with E-state index in [0.717, 1.165) is 59.2 Å². The topological polar surface area (TPSA) is 96.0 Å². The van der Waals surface area contributed by atoms with Crippen molar-refractivity contribution in [3.05, 3.63) is 40.9 Å². The molecule has 4 heterocycles. The average molecular weight is 632 g/mol. The van der Waals surface area contributed by atoms with Gasteiger partial charge in [0, 0.05) is 63.5 Å². The summed E-state index contributed by atoms with van der Waals surface area (Å²) in [6, 6.07) is 5.97. The van der Waals surface area contributed by atoms with Gasteiger partial charge in [-0.1, -0.05) is 35.9 Å². The molecule has 1 N–H and O–H groups in total. The van der Waals surface area contributed by atoms with Crippen LogP contribution < -0.4 is 15.1 Å². The third kappa shape index (κ3) is 7.54. The Morgan fingerprint density at radius 1 is 1.16 bits per heavy atom. The number of rotatable bonds is 11. The molecule has 10 nitrogen and oxygen atoms in total. The second kappa shape index (κ2) is 14.6. The van der Waals surface area contributed by atoms with Crippen LogP contribution in [0.5, 0.6) is 0 Å². The predicted molar refractivity (Wildman–Crippen MR) is 169 cm³/mol. The Morgan fingerprint density at radius 3 is 2.72 bits per heavy atom. The molecule has 5 rings (SSSR count). The van der Waals surface area contributed by atoms with Crippen molar-refractivity contribution in [2.24, 2.45) is 0 Å². The first-order valence-electron chi connectivity index (χ1n) is 14.9. The van der Waals surface area contributed by atoms with Gasteiger partial charge >= 0.3 is 5.97 Å². The van der Waals surface area contributed by atoms with Gasteiger partial charge < -0.3 is 24.6 Å². The summed E-state index contributed by atoms with van der Waals surface area (Å²) in [7, 11) is 1.75. The van der Waals surface area contributed by atoms with E-state index in [1.807, 2.05) is 17.0 Å². The Hall–Kier alpha value is -3.06. The minimum atomic E-state index is -0.516. The van der Waals surface area contributed by atoms with Crippen LogP contribution in [0.15, 0.2) is 24.5 Å². The molecule has 2 aliphatic rings. The first kappa shape index (κ1) is 31.4. The number of esters is 1. The van der Waals surface area contributed by atoms with Crippen LogP contribution in [-0.4, -0.2) is 91.5 Å². The van der Waals surface area contributed by atoms with E-state index in [2.05, 4.69) is 38.1 Å². The maximum absolute atomic E-state index is 15.8. The van der Waals surface area contributed by atoms with Gasteiger partial charge in [0.15, 0.2) is 16.8 Å². The van der Waals surface area contributed by atoms with Crippen molar-refractivity contribution in [3.63, 3.8) is 0 Å². The fourth-order valence-corrected chi connectivity index (χ4v) is 6.79. The number of piperazine rings is 1. The number of benzene rings is 1. The molecule has 0 unspecified atom stereocenters. The summed E-state index contributed by atoms with van der Waals surface area (Å²) in [6.45, 7) is 9.11. The van der Waals surface area contributed by atoms with Gasteiger partial charge in [0.25, 0.3) is 0 Å². The van der Waals surface area contributed by atoms with Gasteiger partial charge in [-0.3, -0.25) is 9.69 Å². The molecule has 0 saturated carbocycles. The molecular formula is C30H39ClFN7O3S. The molecule has 43 heavy (non-hydrogen) atoms. The molecule has 1 aromatic carbocycles. The number of piperidine rings is 1. The Bertz CT molecular complexity index is 1400. The maximum atomic E-state index is 15.8. The molecule has 13 heteroatoms. The van der Waals surface area contributed by atoms with Gasteiger partial charge in [-0.15, -0.1) is 0 Å². The van der Waals surface area contributed by atoms with E-state index >= 15 is 4.39 Å². The van der Waals surface area contributed by atoms with Crippen molar-refractivity contribution in [2.45, 2.75) is 45.6 Å². The van der Waals surface area contributed by atoms with Crippen LogP contribution in [0, 0.1) is 5.82 Å². The molecule has 2 aliphatic heterocycles. The second-order valence-electron chi connectivity index (χ2n) is 10.6. The van der Waals surface area contributed by atoms with Crippen molar-refractivity contribution in [2.75, 3.05) is 74.6 Å². The number of nitrogens with zero attached hydrogens (tertiary/aromatic N) is 6. The molecule has 0 aliphatic carbocycles. The molecule has 2 fully saturated rings. The first-order valence-corrected chi connectivity index (χ1v) is 16.1. The maximum Gasteiger partial charge on any atom is 0.307 e. The SMILES string of the molecule is CCOC(=O)CCN1CCN(c2ncnc(Nc3nc(-c4ccc(Cl)c(CC)c4)c(N4CCC[C@H](OC)C4)s3)c2F)CC1. The van der Waals surface area contributed by atoms with Crippen LogP contribution in [0.2, 0.25) is 5.02 Å². The summed E-state index contributed by atoms with van der Waals surface area (Å²) in [5.41, 5.74) is 2.84. The van der Waals surface area contributed by atoms with Crippen LogP contribution in [-0.2, 0) is 20.7 Å². The molecule has 1 atom stereocenters. The average Bonchev–Trinajstić information content (AvgIpc) is 3.45. The van der Waals surface area contributed by atoms with Crippen molar-refractivity contribution in [1.29, 1.82) is 0 Å². The highest BCUT2D eigenvalue weighted by Crippen LogP contribution is 2.42. The molecule has 2 saturated heterocycles. The monoisotopic (exact) mass is 631 g/mol. The lowest BCUT2D eigenvalue weighted by Crippen LogP contribution is -2.47. The van der Waals surface area contributed by atoms with E-state index in [-0.39, 0.29) is 23.7 Å². The number of halogens is 2. The van der Waals surface area contributed by atoms with Crippen LogP contribution in [0.25, 0.3) is 11.3 Å². The van der Waals surface area contributed by atoms with Gasteiger partial charge in [0.1, 0.15) is 17.0 Å². The number of hydrogen-bond acceptors (Lipinski definition) is 11. The third-order valence-corrected chi connectivity index (χ3v) is 9.31. The second-order valence-corrected chi connectivity index (χ2v) is 12.0. The Balaban J connectivity index is 1.35. The summed E-state index contributed by atoms with van der Waals surface area (Å²) in [4.78, 5) is 31.6. The number of ether oxygens (including phenoxy) is 2. The summed E-state index contributed by atoms with van der Waals surface area (Å²) in [6.07, 6.45) is 4.71. The summed E-state index contributed by atoms with van der Waals surface area (Å²) >= 11 is 7.91. The zero-order chi connectivity index (χ0) is 30.3. The van der Waals surface area contributed by atoms with E-state index in [1.165, 1.54) is 17.7 Å². The molecule has 0 spiro atoms. The van der Waals surface area contributed by atoms with Gasteiger partial charge in [-0.2, -0.15) is 4.39 Å². The number of hydrogen-bond donors (Lipinski definition) is 1. The minimum absolute atomic E-state index is 0.0837. The van der Waals surface area contributed by atoms with Crippen LogP contribution in [0.1, 0.15) is 38.7 Å². The number of aromatic nitrogens is 3. The standard InChI is InChI=1S/C30H39ClFN7O3S/c1-4-20-17-21(8-9-23(20)31)26-29(39-11-6-7-22(18-39)41-3)43-30(35-26)36-27-25(32)28(34-19-33-27)38-15-13-37(14-16-38)12-10-24(40)42-5-2/h8-9,17,19,22H,4-7,10-16,18H2,1-3H3,(H,33,34,35,36)/t22-/m0/s1. The molecule has 232 valence electrons. The van der Waals surface area contributed by atoms with Crippen molar-refractivity contribution < 1.29 is 18.7 Å². The molecule has 0 radical (unpaired) electrons. The highest BCUT2D eigenvalue weighted by atomic mass is 35.5. The first-order chi connectivity index (χ1) is 20.9. The van der Waals surface area contributed by atoms with E-state index in [9.17, 15) is 4.79 Å². The van der Waals surface area contributed by atoms with Crippen LogP contribution >= 0.6 is 22.9 Å². The van der Waals surface area contributed by atoms with E-state index < -0.39 is 5.82 Å². The van der Waals surface area contributed by atoms with E-state index in [4.69, 9.17) is 26.1 Å². The summed E-state index contributed by atoms with van der Waals surface area (Å²) in [5.74, 6) is -0.376. The summed E-state index contributed by atoms with van der Waals surface area (Å²) in [5, 5.41) is 5.43. The minimum Gasteiger partial charge on any atom is -0.466 e. The molecule has 3 aromatic rings. The van der Waals surface area contributed by atoms with Crippen LogP contribution in [0.4, 0.5) is 26.2 Å². The largest absolute Gasteiger partial charge is 0.466 e. The Kier molecular flexibility index (Phi) is 10.7. The lowest BCUT2D eigenvalue weighted by Gasteiger charge is -2.35. The third-order valence-electron chi connectivity index (χ3n) is 7.91. The predicted octanol–water partition coefficient (Wildman–Crippen LogP) is 5.39. The number of thiazole rings is 1. The molecule has 0 amide bonds. The Labute approximate surface area is 261 Å². The number of nitrogens with one attached hydrogen (secondary N) is 1. The fraction of sp³-hybridized carbons (Fsp3) is 0.533. The number of methoxy groups -OCH3 is 1. The number of anilines is 4. The van der Waals surface area contributed by atoms with Crippen molar-refractivity contribution in [1.82, 2.24) is 19.9 Å². The van der Waals surface area contributed by atoms with Crippen molar-refractivity contribution in [3.8, 4) is 11.3 Å². The zero-order valence-electron chi connectivity index (χ0n) is 24.9. The van der Waals surface area contributed by atoms with E-state index in [1.54, 1.807) is 14.0 Å². The number of carbonyl (C=O) groups excluding carboxylic acids is 1. The fourth-order valence-electron chi connectivity index (χ4n) is 5.51. The van der Waals surface area contributed by atoms with Gasteiger partial charge in [-0.25, -0.2) is 15.0 Å². The van der Waals surface area contributed by atoms with Gasteiger partial charge in [0.05, 0.1) is 19.1 Å². The molecule has 2 aromatic heterocycles.